The van der Waals surface area contributed by atoms with E-state index in [1.165, 1.54) is 14.0 Å². The first-order chi connectivity index (χ1) is 6.07. The fourth-order valence-corrected chi connectivity index (χ4v) is 1.06. The monoisotopic (exact) mass is 189 g/mol. The maximum Gasteiger partial charge on any atom is 0.269 e. The number of ether oxygens (including phenoxy) is 1. The summed E-state index contributed by atoms with van der Waals surface area (Å²) in [6.45, 7) is 1.43. The molecule has 72 valence electrons. The van der Waals surface area contributed by atoms with Crippen molar-refractivity contribution >= 4 is 0 Å². The van der Waals surface area contributed by atoms with Crippen LogP contribution < -0.4 is 4.74 Å². The summed E-state index contributed by atoms with van der Waals surface area (Å²) in [5.74, 6) is -0.578. The van der Waals surface area contributed by atoms with E-state index in [4.69, 9.17) is 5.11 Å². The molecule has 1 heterocycles. The molecule has 0 spiro atoms. The van der Waals surface area contributed by atoms with Gasteiger partial charge in [-0.3, -0.25) is 4.98 Å². The van der Waals surface area contributed by atoms with Gasteiger partial charge in [0.25, 0.3) is 6.43 Å². The van der Waals surface area contributed by atoms with Gasteiger partial charge in [0.2, 0.25) is 0 Å². The summed E-state index contributed by atoms with van der Waals surface area (Å²) in [6.07, 6.45) is -1.62. The Balaban J connectivity index is 3.35. The van der Waals surface area contributed by atoms with Crippen LogP contribution >= 0.6 is 0 Å². The summed E-state index contributed by atoms with van der Waals surface area (Å²) in [5, 5.41) is 9.14. The standard InChI is InChI=1S/C8H9F2NO2/c1-4-6(8(9)10)7(13-2)5(12)3-11-4/h3,8,12H,1-2H3. The van der Waals surface area contributed by atoms with Crippen molar-refractivity contribution in [3.05, 3.63) is 17.5 Å². The van der Waals surface area contributed by atoms with E-state index < -0.39 is 6.43 Å². The SMILES string of the molecule is COc1c(O)cnc(C)c1C(F)F. The molecule has 0 amide bonds. The zero-order chi connectivity index (χ0) is 10.0. The van der Waals surface area contributed by atoms with Crippen LogP contribution in [0, 0.1) is 6.92 Å². The van der Waals surface area contributed by atoms with Crippen LogP contribution in [0.25, 0.3) is 0 Å². The Labute approximate surface area is 74.0 Å². The van der Waals surface area contributed by atoms with Gasteiger partial charge < -0.3 is 9.84 Å². The highest BCUT2D eigenvalue weighted by Crippen LogP contribution is 2.36. The summed E-state index contributed by atoms with van der Waals surface area (Å²) in [4.78, 5) is 3.60. The van der Waals surface area contributed by atoms with E-state index in [2.05, 4.69) is 9.72 Å². The molecule has 0 aliphatic rings. The minimum atomic E-state index is -2.70. The Morgan fingerprint density at radius 3 is 2.54 bits per heavy atom. The Morgan fingerprint density at radius 1 is 1.54 bits per heavy atom. The van der Waals surface area contributed by atoms with Crippen molar-refractivity contribution in [2.75, 3.05) is 7.11 Å². The highest BCUT2D eigenvalue weighted by atomic mass is 19.3. The lowest BCUT2D eigenvalue weighted by Gasteiger charge is -2.10. The topological polar surface area (TPSA) is 42.4 Å². The van der Waals surface area contributed by atoms with Crippen LogP contribution in [0.1, 0.15) is 17.7 Å². The van der Waals surface area contributed by atoms with E-state index in [0.29, 0.717) is 0 Å². The number of aryl methyl sites for hydroxylation is 1. The molecular formula is C8H9F2NO2. The van der Waals surface area contributed by atoms with E-state index in [9.17, 15) is 8.78 Å². The lowest BCUT2D eigenvalue weighted by molar-refractivity contribution is 0.144. The van der Waals surface area contributed by atoms with E-state index in [1.54, 1.807) is 0 Å². The second-order valence-corrected chi connectivity index (χ2v) is 2.48. The van der Waals surface area contributed by atoms with E-state index in [-0.39, 0.29) is 22.8 Å². The number of alkyl halides is 2. The van der Waals surface area contributed by atoms with Crippen molar-refractivity contribution in [3.8, 4) is 11.5 Å². The number of pyridine rings is 1. The quantitative estimate of drug-likeness (QED) is 0.774. The van der Waals surface area contributed by atoms with Crippen LogP contribution in [-0.4, -0.2) is 17.2 Å². The molecule has 1 aromatic rings. The Kier molecular flexibility index (Phi) is 2.65. The second kappa shape index (κ2) is 3.55. The molecule has 0 radical (unpaired) electrons. The smallest absolute Gasteiger partial charge is 0.269 e. The van der Waals surface area contributed by atoms with Crippen molar-refractivity contribution in [2.45, 2.75) is 13.3 Å². The van der Waals surface area contributed by atoms with Crippen molar-refractivity contribution in [3.63, 3.8) is 0 Å². The summed E-state index contributed by atoms with van der Waals surface area (Å²) in [7, 11) is 1.22. The minimum Gasteiger partial charge on any atom is -0.503 e. The molecule has 0 unspecified atom stereocenters. The van der Waals surface area contributed by atoms with Gasteiger partial charge in [0.05, 0.1) is 24.6 Å². The van der Waals surface area contributed by atoms with Gasteiger partial charge in [0.1, 0.15) is 0 Å². The van der Waals surface area contributed by atoms with Gasteiger partial charge in [-0.15, -0.1) is 0 Å². The predicted molar refractivity (Wildman–Crippen MR) is 42.1 cm³/mol. The summed E-state index contributed by atoms with van der Waals surface area (Å²) < 4.78 is 29.5. The molecule has 13 heavy (non-hydrogen) atoms. The molecule has 0 aliphatic carbocycles. The van der Waals surface area contributed by atoms with Crippen LogP contribution in [0.5, 0.6) is 11.5 Å². The van der Waals surface area contributed by atoms with Crippen molar-refractivity contribution in [2.24, 2.45) is 0 Å². The van der Waals surface area contributed by atoms with Gasteiger partial charge >= 0.3 is 0 Å². The van der Waals surface area contributed by atoms with Crippen molar-refractivity contribution < 1.29 is 18.6 Å². The average molecular weight is 189 g/mol. The zero-order valence-corrected chi connectivity index (χ0v) is 7.21. The number of aromatic nitrogens is 1. The average Bonchev–Trinajstić information content (AvgIpc) is 2.07. The van der Waals surface area contributed by atoms with Gasteiger partial charge in [0, 0.05) is 0 Å². The fourth-order valence-electron chi connectivity index (χ4n) is 1.06. The van der Waals surface area contributed by atoms with Gasteiger partial charge in [-0.2, -0.15) is 0 Å². The Hall–Kier alpha value is -1.39. The van der Waals surface area contributed by atoms with E-state index in [0.717, 1.165) is 6.20 Å². The minimum absolute atomic E-state index is 0.157. The molecule has 5 heteroatoms. The molecule has 1 aromatic heterocycles. The number of hydrogen-bond donors (Lipinski definition) is 1. The molecule has 0 saturated carbocycles. The highest BCUT2D eigenvalue weighted by molar-refractivity contribution is 5.46. The zero-order valence-electron chi connectivity index (χ0n) is 7.21. The predicted octanol–water partition coefficient (Wildman–Crippen LogP) is 2.04. The van der Waals surface area contributed by atoms with Crippen molar-refractivity contribution in [1.82, 2.24) is 4.98 Å². The lowest BCUT2D eigenvalue weighted by atomic mass is 10.2. The third-order valence-corrected chi connectivity index (χ3v) is 1.67. The first-order valence-electron chi connectivity index (χ1n) is 3.58. The molecule has 0 aromatic carbocycles. The van der Waals surface area contributed by atoms with Crippen LogP contribution in [0.15, 0.2) is 6.20 Å². The molecule has 3 nitrogen and oxygen atoms in total. The van der Waals surface area contributed by atoms with Crippen LogP contribution in [0.4, 0.5) is 8.78 Å². The van der Waals surface area contributed by atoms with E-state index in [1.807, 2.05) is 0 Å². The third kappa shape index (κ3) is 1.68. The highest BCUT2D eigenvalue weighted by Gasteiger charge is 2.20. The first kappa shape index (κ1) is 9.70. The number of methoxy groups -OCH3 is 1. The molecule has 0 bridgehead atoms. The molecule has 1 rings (SSSR count). The van der Waals surface area contributed by atoms with Crippen molar-refractivity contribution in [1.29, 1.82) is 0 Å². The maximum atomic E-state index is 12.4. The molecule has 0 aliphatic heterocycles. The third-order valence-electron chi connectivity index (χ3n) is 1.67. The molecular weight excluding hydrogens is 180 g/mol. The van der Waals surface area contributed by atoms with Gasteiger partial charge in [-0.25, -0.2) is 8.78 Å². The number of halogens is 2. The normalized spacial score (nSPS) is 10.5. The van der Waals surface area contributed by atoms with Gasteiger partial charge in [0.15, 0.2) is 11.5 Å². The van der Waals surface area contributed by atoms with Crippen LogP contribution in [0.3, 0.4) is 0 Å². The number of aromatic hydroxyl groups is 1. The number of rotatable bonds is 2. The summed E-state index contributed by atoms with van der Waals surface area (Å²) >= 11 is 0. The molecule has 1 N–H and O–H groups in total. The summed E-state index contributed by atoms with van der Waals surface area (Å²) in [5.41, 5.74) is -0.202. The molecule has 0 saturated heterocycles. The van der Waals surface area contributed by atoms with Gasteiger partial charge in [-0.05, 0) is 6.92 Å². The maximum absolute atomic E-state index is 12.4. The largest absolute Gasteiger partial charge is 0.503 e. The Morgan fingerprint density at radius 2 is 2.15 bits per heavy atom. The summed E-state index contributed by atoms with van der Waals surface area (Å²) in [6, 6.07) is 0. The number of nitrogens with zero attached hydrogens (tertiary/aromatic N) is 1. The number of hydrogen-bond acceptors (Lipinski definition) is 3. The first-order valence-corrected chi connectivity index (χ1v) is 3.58. The molecule has 0 fully saturated rings. The van der Waals surface area contributed by atoms with Crippen LogP contribution in [-0.2, 0) is 0 Å². The van der Waals surface area contributed by atoms with Crippen LogP contribution in [0.2, 0.25) is 0 Å². The fraction of sp³-hybridized carbons (Fsp3) is 0.375. The second-order valence-electron chi connectivity index (χ2n) is 2.48. The molecule has 0 atom stereocenters. The lowest BCUT2D eigenvalue weighted by Crippen LogP contribution is -1.98. The Bertz CT molecular complexity index is 315. The van der Waals surface area contributed by atoms with Gasteiger partial charge in [-0.1, -0.05) is 0 Å². The van der Waals surface area contributed by atoms with E-state index >= 15 is 0 Å².